The number of nitrogens with one attached hydrogen (secondary N) is 1. The molecule has 0 spiro atoms. The first-order valence-corrected chi connectivity index (χ1v) is 8.46. The molecule has 0 aliphatic heterocycles. The number of aryl methyl sites for hydroxylation is 2. The molecule has 1 aromatic carbocycles. The van der Waals surface area contributed by atoms with Crippen molar-refractivity contribution in [1.29, 1.82) is 0 Å². The smallest absolute Gasteiger partial charge is 0.321 e. The number of halogens is 7. The number of amides is 1. The Kier molecular flexibility index (Phi) is 5.67. The lowest BCUT2D eigenvalue weighted by Gasteiger charge is -2.31. The normalized spacial score (nSPS) is 12.7. The maximum absolute atomic E-state index is 14.2. The molecule has 1 aromatic heterocycles. The standard InChI is InChI=1S/C16H11F7N2O3S/c1-7-3-10(14(17,15(18,19)20)16(21,22)23)4-8(2)12(7)24-13(26)9-5-11(25(27)28)29-6-9/h3-6H,1-2H3,(H,24,26). The summed E-state index contributed by atoms with van der Waals surface area (Å²) in [5.41, 5.74) is -8.04. The zero-order valence-electron chi connectivity index (χ0n) is 14.5. The molecule has 158 valence electrons. The molecule has 0 saturated carbocycles. The van der Waals surface area contributed by atoms with Gasteiger partial charge in [0.15, 0.2) is 0 Å². The number of alkyl halides is 7. The Labute approximate surface area is 162 Å². The molecular formula is C16H11F7N2O3S. The van der Waals surface area contributed by atoms with Crippen molar-refractivity contribution in [3.05, 3.63) is 55.9 Å². The number of rotatable bonds is 4. The van der Waals surface area contributed by atoms with Crippen molar-refractivity contribution in [3.8, 4) is 0 Å². The summed E-state index contributed by atoms with van der Waals surface area (Å²) in [5.74, 6) is -0.869. The van der Waals surface area contributed by atoms with Crippen LogP contribution in [0.25, 0.3) is 0 Å². The second-order valence-electron chi connectivity index (χ2n) is 6.02. The predicted octanol–water partition coefficient (Wildman–Crippen LogP) is 5.81. The summed E-state index contributed by atoms with van der Waals surface area (Å²) in [6, 6.07) is 1.65. The summed E-state index contributed by atoms with van der Waals surface area (Å²) in [6.07, 6.45) is -12.5. The fourth-order valence-corrected chi connectivity index (χ4v) is 3.28. The predicted molar refractivity (Wildman–Crippen MR) is 89.7 cm³/mol. The minimum atomic E-state index is -6.26. The average Bonchev–Trinajstić information content (AvgIpc) is 3.05. The molecule has 5 nitrogen and oxygen atoms in total. The molecular weight excluding hydrogens is 433 g/mol. The Morgan fingerprint density at radius 3 is 1.86 bits per heavy atom. The van der Waals surface area contributed by atoms with Crippen molar-refractivity contribution in [1.82, 2.24) is 0 Å². The SMILES string of the molecule is Cc1cc(C(F)(C(F)(F)F)C(F)(F)F)cc(C)c1NC(=O)c1csc([N+](=O)[O-])c1. The first-order chi connectivity index (χ1) is 13.1. The Hall–Kier alpha value is -2.70. The van der Waals surface area contributed by atoms with Crippen LogP contribution in [0.2, 0.25) is 0 Å². The van der Waals surface area contributed by atoms with Gasteiger partial charge >= 0.3 is 23.0 Å². The van der Waals surface area contributed by atoms with E-state index in [1.807, 2.05) is 0 Å². The van der Waals surface area contributed by atoms with Gasteiger partial charge in [0.05, 0.1) is 10.5 Å². The molecule has 0 radical (unpaired) electrons. The van der Waals surface area contributed by atoms with E-state index in [1.54, 1.807) is 0 Å². The first kappa shape index (κ1) is 22.6. The number of nitrogens with zero attached hydrogens (tertiary/aromatic N) is 1. The fourth-order valence-electron chi connectivity index (χ4n) is 2.57. The summed E-state index contributed by atoms with van der Waals surface area (Å²) in [5, 5.41) is 13.7. The third kappa shape index (κ3) is 4.04. The minimum absolute atomic E-state index is 0.130. The number of hydrogen-bond acceptors (Lipinski definition) is 4. The van der Waals surface area contributed by atoms with Gasteiger partial charge in [-0.2, -0.15) is 26.3 Å². The first-order valence-electron chi connectivity index (χ1n) is 7.58. The van der Waals surface area contributed by atoms with Crippen LogP contribution >= 0.6 is 11.3 Å². The Balaban J connectivity index is 2.45. The Morgan fingerprint density at radius 2 is 1.48 bits per heavy atom. The van der Waals surface area contributed by atoms with Crippen LogP contribution < -0.4 is 5.32 Å². The maximum Gasteiger partial charge on any atom is 0.435 e. The lowest BCUT2D eigenvalue weighted by Crippen LogP contribution is -2.50. The summed E-state index contributed by atoms with van der Waals surface area (Å²) < 4.78 is 91.8. The van der Waals surface area contributed by atoms with Gasteiger partial charge in [-0.25, -0.2) is 4.39 Å². The number of benzene rings is 1. The molecule has 0 atom stereocenters. The molecule has 1 amide bonds. The maximum atomic E-state index is 14.2. The van der Waals surface area contributed by atoms with Gasteiger partial charge in [-0.05, 0) is 25.0 Å². The molecule has 0 bridgehead atoms. The zero-order valence-corrected chi connectivity index (χ0v) is 15.4. The number of anilines is 1. The third-order valence-corrected chi connectivity index (χ3v) is 4.86. The van der Waals surface area contributed by atoms with E-state index in [2.05, 4.69) is 5.32 Å². The van der Waals surface area contributed by atoms with Gasteiger partial charge in [0.25, 0.3) is 5.91 Å². The van der Waals surface area contributed by atoms with Gasteiger partial charge in [0.1, 0.15) is 0 Å². The number of nitro groups is 1. The van der Waals surface area contributed by atoms with E-state index in [9.17, 15) is 45.6 Å². The van der Waals surface area contributed by atoms with Crippen molar-refractivity contribution in [2.75, 3.05) is 5.32 Å². The number of carbonyl (C=O) groups excluding carboxylic acids is 1. The summed E-state index contributed by atoms with van der Waals surface area (Å²) >= 11 is 0.657. The van der Waals surface area contributed by atoms with E-state index in [4.69, 9.17) is 0 Å². The van der Waals surface area contributed by atoms with E-state index in [0.29, 0.717) is 23.5 Å². The summed E-state index contributed by atoms with van der Waals surface area (Å²) in [7, 11) is 0. The number of carbonyl (C=O) groups is 1. The average molecular weight is 444 g/mol. The molecule has 1 N–H and O–H groups in total. The highest BCUT2D eigenvalue weighted by Gasteiger charge is 2.73. The van der Waals surface area contributed by atoms with Crippen LogP contribution in [0, 0.1) is 24.0 Å². The molecule has 0 unspecified atom stereocenters. The van der Waals surface area contributed by atoms with Crippen LogP contribution in [0.3, 0.4) is 0 Å². The van der Waals surface area contributed by atoms with E-state index >= 15 is 0 Å². The van der Waals surface area contributed by atoms with Gasteiger partial charge in [-0.3, -0.25) is 14.9 Å². The van der Waals surface area contributed by atoms with E-state index in [1.165, 1.54) is 0 Å². The topological polar surface area (TPSA) is 72.2 Å². The zero-order chi connectivity index (χ0) is 22.4. The van der Waals surface area contributed by atoms with Crippen molar-refractivity contribution < 1.29 is 40.5 Å². The van der Waals surface area contributed by atoms with Gasteiger partial charge in [-0.15, -0.1) is 0 Å². The summed E-state index contributed by atoms with van der Waals surface area (Å²) in [4.78, 5) is 22.1. The molecule has 0 fully saturated rings. The molecule has 2 aromatic rings. The van der Waals surface area contributed by atoms with Crippen LogP contribution in [0.1, 0.15) is 27.0 Å². The Bertz CT molecular complexity index is 929. The number of thiophene rings is 1. The highest BCUT2D eigenvalue weighted by atomic mass is 32.1. The van der Waals surface area contributed by atoms with E-state index < -0.39 is 34.4 Å². The number of hydrogen-bond donors (Lipinski definition) is 1. The molecule has 0 aliphatic carbocycles. The molecule has 2 rings (SSSR count). The monoisotopic (exact) mass is 444 g/mol. The van der Waals surface area contributed by atoms with Crippen LogP contribution in [-0.2, 0) is 5.67 Å². The van der Waals surface area contributed by atoms with Gasteiger partial charge < -0.3 is 5.32 Å². The molecule has 13 heteroatoms. The van der Waals surface area contributed by atoms with Crippen molar-refractivity contribution in [2.45, 2.75) is 31.9 Å². The molecule has 0 aliphatic rings. The molecule has 0 saturated heterocycles. The second kappa shape index (κ2) is 7.28. The highest BCUT2D eigenvalue weighted by molar-refractivity contribution is 7.13. The van der Waals surface area contributed by atoms with Crippen LogP contribution in [0.4, 0.5) is 41.4 Å². The van der Waals surface area contributed by atoms with Crippen molar-refractivity contribution in [2.24, 2.45) is 0 Å². The largest absolute Gasteiger partial charge is 0.435 e. The van der Waals surface area contributed by atoms with Crippen LogP contribution in [-0.4, -0.2) is 23.2 Å². The lowest BCUT2D eigenvalue weighted by molar-refractivity contribution is -0.380. The van der Waals surface area contributed by atoms with E-state index in [0.717, 1.165) is 25.3 Å². The summed E-state index contributed by atoms with van der Waals surface area (Å²) in [6.45, 7) is 2.19. The van der Waals surface area contributed by atoms with Gasteiger partial charge in [0, 0.05) is 22.7 Å². The quantitative estimate of drug-likeness (QED) is 0.367. The van der Waals surface area contributed by atoms with Crippen LogP contribution in [0.5, 0.6) is 0 Å². The minimum Gasteiger partial charge on any atom is -0.321 e. The van der Waals surface area contributed by atoms with E-state index in [-0.39, 0.29) is 27.4 Å². The van der Waals surface area contributed by atoms with Crippen LogP contribution in [0.15, 0.2) is 23.6 Å². The third-order valence-electron chi connectivity index (χ3n) is 3.98. The molecule has 29 heavy (non-hydrogen) atoms. The Morgan fingerprint density at radius 1 is 1.00 bits per heavy atom. The fraction of sp³-hybridized carbons (Fsp3) is 0.312. The van der Waals surface area contributed by atoms with Gasteiger partial charge in [-0.1, -0.05) is 23.5 Å². The van der Waals surface area contributed by atoms with Crippen molar-refractivity contribution >= 4 is 27.9 Å². The lowest BCUT2D eigenvalue weighted by atomic mass is 9.90. The van der Waals surface area contributed by atoms with Crippen molar-refractivity contribution in [3.63, 3.8) is 0 Å². The second-order valence-corrected chi connectivity index (χ2v) is 6.91. The van der Waals surface area contributed by atoms with Gasteiger partial charge in [0.2, 0.25) is 0 Å². The highest BCUT2D eigenvalue weighted by Crippen LogP contribution is 2.53. The molecule has 1 heterocycles.